The van der Waals surface area contributed by atoms with Crippen molar-refractivity contribution in [3.8, 4) is 11.1 Å². The van der Waals surface area contributed by atoms with E-state index in [0.717, 1.165) is 22.3 Å². The summed E-state index contributed by atoms with van der Waals surface area (Å²) in [6.07, 6.45) is 4.62. The van der Waals surface area contributed by atoms with Gasteiger partial charge in [0.15, 0.2) is 21.5 Å². The molecule has 1 N–H and O–H groups in total. The number of hydrogen-bond donors (Lipinski definition) is 1. The van der Waals surface area contributed by atoms with Gasteiger partial charge in [-0.3, -0.25) is 14.2 Å². The molecule has 34 heavy (non-hydrogen) atoms. The molecule has 1 aliphatic carbocycles. The van der Waals surface area contributed by atoms with Crippen molar-refractivity contribution in [3.05, 3.63) is 94.0 Å². The smallest absolute Gasteiger partial charge is 0.283 e. The zero-order valence-electron chi connectivity index (χ0n) is 17.6. The number of thioether (sulfide) groups is 1. The predicted molar refractivity (Wildman–Crippen MR) is 132 cm³/mol. The number of aromatic nitrogens is 5. The van der Waals surface area contributed by atoms with E-state index in [9.17, 15) is 9.59 Å². The molecule has 3 aromatic heterocycles. The summed E-state index contributed by atoms with van der Waals surface area (Å²) >= 11 is 2.54. The summed E-state index contributed by atoms with van der Waals surface area (Å²) in [7, 11) is 0. The van der Waals surface area contributed by atoms with Crippen molar-refractivity contribution in [1.29, 1.82) is 0 Å². The van der Waals surface area contributed by atoms with Crippen LogP contribution in [0.15, 0.2) is 82.5 Å². The number of thiazole rings is 1. The number of hydrogen-bond acceptors (Lipinski definition) is 8. The van der Waals surface area contributed by atoms with Gasteiger partial charge in [-0.25, -0.2) is 19.9 Å². The van der Waals surface area contributed by atoms with Crippen LogP contribution in [0.1, 0.15) is 17.2 Å². The monoisotopic (exact) mass is 484 g/mol. The SMILES string of the molecule is O=C(CSc1nc2nccnc2c(=O)n1C1c2ccccc2-c2ccccc21)Nc1nccs1. The van der Waals surface area contributed by atoms with Gasteiger partial charge in [-0.05, 0) is 22.3 Å². The lowest BCUT2D eigenvalue weighted by Gasteiger charge is -2.20. The lowest BCUT2D eigenvalue weighted by molar-refractivity contribution is -0.113. The molecule has 0 fully saturated rings. The van der Waals surface area contributed by atoms with E-state index in [0.29, 0.717) is 10.3 Å². The molecule has 3 heterocycles. The largest absolute Gasteiger partial charge is 0.301 e. The Bertz CT molecular complexity index is 1550. The molecule has 1 amide bonds. The summed E-state index contributed by atoms with van der Waals surface area (Å²) in [6.45, 7) is 0. The highest BCUT2D eigenvalue weighted by Gasteiger charge is 2.33. The van der Waals surface area contributed by atoms with E-state index in [1.165, 1.54) is 35.5 Å². The second-order valence-corrected chi connectivity index (χ2v) is 9.39. The van der Waals surface area contributed by atoms with E-state index in [-0.39, 0.29) is 34.4 Å². The lowest BCUT2D eigenvalue weighted by Crippen LogP contribution is -2.29. The maximum atomic E-state index is 13.8. The molecule has 0 saturated carbocycles. The van der Waals surface area contributed by atoms with Gasteiger partial charge in [0.05, 0.1) is 11.8 Å². The number of amides is 1. The average Bonchev–Trinajstić information content (AvgIpc) is 3.49. The van der Waals surface area contributed by atoms with Crippen molar-refractivity contribution in [3.63, 3.8) is 0 Å². The molecule has 0 radical (unpaired) electrons. The first kappa shape index (κ1) is 20.7. The third-order valence-corrected chi connectivity index (χ3v) is 7.22. The highest BCUT2D eigenvalue weighted by Crippen LogP contribution is 2.45. The van der Waals surface area contributed by atoms with E-state index >= 15 is 0 Å². The summed E-state index contributed by atoms with van der Waals surface area (Å²) < 4.78 is 1.64. The number of benzene rings is 2. The Labute approximate surface area is 201 Å². The van der Waals surface area contributed by atoms with E-state index in [4.69, 9.17) is 0 Å². The van der Waals surface area contributed by atoms with Crippen LogP contribution in [0, 0.1) is 0 Å². The Morgan fingerprint density at radius 2 is 1.68 bits per heavy atom. The normalized spacial score (nSPS) is 12.5. The van der Waals surface area contributed by atoms with Crippen molar-refractivity contribution in [1.82, 2.24) is 24.5 Å². The molecule has 0 saturated heterocycles. The molecule has 8 nitrogen and oxygen atoms in total. The lowest BCUT2D eigenvalue weighted by atomic mass is 10.1. The second-order valence-electron chi connectivity index (χ2n) is 7.55. The molecule has 0 unspecified atom stereocenters. The van der Waals surface area contributed by atoms with Crippen molar-refractivity contribution < 1.29 is 4.79 Å². The van der Waals surface area contributed by atoms with Gasteiger partial charge in [0.2, 0.25) is 5.91 Å². The average molecular weight is 485 g/mol. The number of anilines is 1. The van der Waals surface area contributed by atoms with Gasteiger partial charge in [0.1, 0.15) is 0 Å². The topological polar surface area (TPSA) is 103 Å². The van der Waals surface area contributed by atoms with E-state index in [1.807, 2.05) is 36.4 Å². The summed E-state index contributed by atoms with van der Waals surface area (Å²) in [5, 5.41) is 5.49. The van der Waals surface area contributed by atoms with Crippen LogP contribution in [-0.2, 0) is 4.79 Å². The van der Waals surface area contributed by atoms with E-state index in [1.54, 1.807) is 16.1 Å². The number of fused-ring (bicyclic) bond motifs is 4. The first-order valence-electron chi connectivity index (χ1n) is 10.4. The molecule has 1 aliphatic rings. The fourth-order valence-electron chi connectivity index (χ4n) is 4.22. The predicted octanol–water partition coefficient (Wildman–Crippen LogP) is 3.99. The second kappa shape index (κ2) is 8.47. The Hall–Kier alpha value is -3.89. The minimum atomic E-state index is -0.386. The molecule has 10 heteroatoms. The molecule has 0 spiro atoms. The molecule has 0 atom stereocenters. The zero-order chi connectivity index (χ0) is 23.1. The summed E-state index contributed by atoms with van der Waals surface area (Å²) in [5.74, 6) is -0.166. The van der Waals surface area contributed by atoms with Gasteiger partial charge in [0.25, 0.3) is 5.56 Å². The van der Waals surface area contributed by atoms with Crippen molar-refractivity contribution in [2.75, 3.05) is 11.1 Å². The highest BCUT2D eigenvalue weighted by atomic mass is 32.2. The van der Waals surface area contributed by atoms with Gasteiger partial charge in [0, 0.05) is 24.0 Å². The van der Waals surface area contributed by atoms with E-state index in [2.05, 4.69) is 37.4 Å². The number of rotatable bonds is 5. The van der Waals surface area contributed by atoms with Gasteiger partial charge in [-0.1, -0.05) is 60.3 Å². The Morgan fingerprint density at radius 1 is 0.971 bits per heavy atom. The quantitative estimate of drug-likeness (QED) is 0.291. The van der Waals surface area contributed by atoms with Crippen LogP contribution in [0.5, 0.6) is 0 Å². The van der Waals surface area contributed by atoms with Crippen LogP contribution < -0.4 is 10.9 Å². The van der Waals surface area contributed by atoms with Gasteiger partial charge in [-0.15, -0.1) is 11.3 Å². The molecule has 0 aliphatic heterocycles. The fourth-order valence-corrected chi connectivity index (χ4v) is 5.57. The standard InChI is InChI=1S/C24H16N6O2S2/c31-18(28-23-27-11-12-33-23)13-34-24-29-21-19(25-9-10-26-21)22(32)30(24)20-16-7-3-1-5-14(16)15-6-2-4-8-17(15)20/h1-12,20H,13H2,(H,27,28,31). The fraction of sp³-hybridized carbons (Fsp3) is 0.0833. The molecular formula is C24H16N6O2S2. The molecule has 166 valence electrons. The number of carbonyl (C=O) groups excluding carboxylic acids is 1. The van der Waals surface area contributed by atoms with Crippen LogP contribution in [0.2, 0.25) is 0 Å². The van der Waals surface area contributed by atoms with Crippen LogP contribution in [-0.4, -0.2) is 36.2 Å². The maximum Gasteiger partial charge on any atom is 0.283 e. The summed E-state index contributed by atoms with van der Waals surface area (Å²) in [6, 6.07) is 15.7. The Balaban J connectivity index is 1.48. The Morgan fingerprint density at radius 3 is 2.38 bits per heavy atom. The third-order valence-electron chi connectivity index (χ3n) is 5.58. The van der Waals surface area contributed by atoms with Crippen molar-refractivity contribution >= 4 is 45.3 Å². The number of nitrogens with one attached hydrogen (secondary N) is 1. The van der Waals surface area contributed by atoms with Crippen LogP contribution in [0.3, 0.4) is 0 Å². The first-order valence-corrected chi connectivity index (χ1v) is 12.3. The molecular weight excluding hydrogens is 468 g/mol. The Kier molecular flexibility index (Phi) is 5.16. The van der Waals surface area contributed by atoms with E-state index < -0.39 is 0 Å². The maximum absolute atomic E-state index is 13.8. The zero-order valence-corrected chi connectivity index (χ0v) is 19.2. The van der Waals surface area contributed by atoms with Crippen LogP contribution in [0.25, 0.3) is 22.3 Å². The highest BCUT2D eigenvalue weighted by molar-refractivity contribution is 7.99. The minimum absolute atomic E-state index is 0.0633. The summed E-state index contributed by atoms with van der Waals surface area (Å²) in [5.41, 5.74) is 4.32. The molecule has 6 rings (SSSR count). The van der Waals surface area contributed by atoms with Crippen molar-refractivity contribution in [2.24, 2.45) is 0 Å². The van der Waals surface area contributed by atoms with Gasteiger partial charge < -0.3 is 5.32 Å². The molecule has 5 aromatic rings. The van der Waals surface area contributed by atoms with Gasteiger partial charge in [-0.2, -0.15) is 0 Å². The third kappa shape index (κ3) is 3.47. The van der Waals surface area contributed by atoms with Gasteiger partial charge >= 0.3 is 0 Å². The number of nitrogens with zero attached hydrogens (tertiary/aromatic N) is 5. The summed E-state index contributed by atoms with van der Waals surface area (Å²) in [4.78, 5) is 43.5. The molecule has 0 bridgehead atoms. The van der Waals surface area contributed by atoms with Crippen LogP contribution >= 0.6 is 23.1 Å². The van der Waals surface area contributed by atoms with Crippen molar-refractivity contribution in [2.45, 2.75) is 11.2 Å². The minimum Gasteiger partial charge on any atom is -0.301 e. The number of carbonyl (C=O) groups is 1. The molecule has 2 aromatic carbocycles. The van der Waals surface area contributed by atoms with Crippen LogP contribution in [0.4, 0.5) is 5.13 Å². The first-order chi connectivity index (χ1) is 16.7.